The highest BCUT2D eigenvalue weighted by Crippen LogP contribution is 2.22. The molecule has 2 aromatic rings. The summed E-state index contributed by atoms with van der Waals surface area (Å²) in [7, 11) is 0. The standard InChI is InChI=1S/C14H17FN2OS/c1-2-17-9-11(8-16-17)7-12(18)10-19-14-6-4-3-5-13(14)15/h3-6,8-9,12,18H,2,7,10H2,1H3. The fourth-order valence-electron chi connectivity index (χ4n) is 1.76. The van der Waals surface area contributed by atoms with Gasteiger partial charge in [0.15, 0.2) is 0 Å². The third kappa shape index (κ3) is 4.08. The highest BCUT2D eigenvalue weighted by atomic mass is 32.2. The molecular weight excluding hydrogens is 263 g/mol. The van der Waals surface area contributed by atoms with Gasteiger partial charge in [-0.05, 0) is 24.6 Å². The molecule has 102 valence electrons. The van der Waals surface area contributed by atoms with Gasteiger partial charge in [-0.1, -0.05) is 12.1 Å². The minimum absolute atomic E-state index is 0.237. The van der Waals surface area contributed by atoms with E-state index in [-0.39, 0.29) is 5.82 Å². The summed E-state index contributed by atoms with van der Waals surface area (Å²) >= 11 is 1.33. The maximum Gasteiger partial charge on any atom is 0.136 e. The first-order valence-corrected chi connectivity index (χ1v) is 7.24. The highest BCUT2D eigenvalue weighted by Gasteiger charge is 2.10. The van der Waals surface area contributed by atoms with Crippen molar-refractivity contribution in [2.75, 3.05) is 5.75 Å². The average Bonchev–Trinajstić information content (AvgIpc) is 2.85. The van der Waals surface area contributed by atoms with Crippen LogP contribution in [0.15, 0.2) is 41.6 Å². The molecule has 19 heavy (non-hydrogen) atoms. The molecule has 2 rings (SSSR count). The summed E-state index contributed by atoms with van der Waals surface area (Å²) in [6, 6.07) is 6.61. The molecule has 1 N–H and O–H groups in total. The van der Waals surface area contributed by atoms with Crippen molar-refractivity contribution in [3.8, 4) is 0 Å². The SMILES string of the molecule is CCn1cc(CC(O)CSc2ccccc2F)cn1. The minimum atomic E-state index is -0.501. The second kappa shape index (κ2) is 6.73. The topological polar surface area (TPSA) is 38.0 Å². The molecule has 1 aromatic heterocycles. The van der Waals surface area contributed by atoms with Gasteiger partial charge in [0.25, 0.3) is 0 Å². The number of halogens is 1. The fraction of sp³-hybridized carbons (Fsp3) is 0.357. The average molecular weight is 280 g/mol. The Kier molecular flexibility index (Phi) is 4.99. The maximum absolute atomic E-state index is 13.4. The van der Waals surface area contributed by atoms with E-state index in [4.69, 9.17) is 0 Å². The van der Waals surface area contributed by atoms with Crippen LogP contribution >= 0.6 is 11.8 Å². The van der Waals surface area contributed by atoms with Crippen LogP contribution in [0.5, 0.6) is 0 Å². The van der Waals surface area contributed by atoms with Crippen molar-refractivity contribution < 1.29 is 9.50 Å². The first-order valence-electron chi connectivity index (χ1n) is 6.25. The number of hydrogen-bond donors (Lipinski definition) is 1. The first kappa shape index (κ1) is 14.1. The largest absolute Gasteiger partial charge is 0.392 e. The van der Waals surface area contributed by atoms with Gasteiger partial charge in [-0.3, -0.25) is 4.68 Å². The number of aromatic nitrogens is 2. The number of nitrogens with zero attached hydrogens (tertiary/aromatic N) is 2. The normalized spacial score (nSPS) is 12.6. The maximum atomic E-state index is 13.4. The van der Waals surface area contributed by atoms with E-state index in [0.29, 0.717) is 17.1 Å². The molecule has 1 unspecified atom stereocenters. The van der Waals surface area contributed by atoms with Crippen molar-refractivity contribution in [2.24, 2.45) is 0 Å². The lowest BCUT2D eigenvalue weighted by Crippen LogP contribution is -2.13. The molecule has 0 amide bonds. The summed E-state index contributed by atoms with van der Waals surface area (Å²) in [6.45, 7) is 2.83. The Hall–Kier alpha value is -1.33. The lowest BCUT2D eigenvalue weighted by Gasteiger charge is -2.09. The van der Waals surface area contributed by atoms with Gasteiger partial charge < -0.3 is 5.11 Å². The third-order valence-corrected chi connectivity index (χ3v) is 3.94. The number of aliphatic hydroxyl groups is 1. The van der Waals surface area contributed by atoms with Crippen LogP contribution in [0.2, 0.25) is 0 Å². The van der Waals surface area contributed by atoms with Gasteiger partial charge in [0, 0.05) is 29.8 Å². The smallest absolute Gasteiger partial charge is 0.136 e. The molecule has 0 bridgehead atoms. The summed E-state index contributed by atoms with van der Waals surface area (Å²) in [4.78, 5) is 0.575. The van der Waals surface area contributed by atoms with Crippen molar-refractivity contribution in [3.63, 3.8) is 0 Å². The molecule has 0 saturated carbocycles. The third-order valence-electron chi connectivity index (χ3n) is 2.75. The summed E-state index contributed by atoms with van der Waals surface area (Å²) in [5, 5.41) is 14.1. The van der Waals surface area contributed by atoms with Gasteiger partial charge >= 0.3 is 0 Å². The molecule has 0 fully saturated rings. The summed E-state index contributed by atoms with van der Waals surface area (Å²) < 4.78 is 15.2. The molecule has 0 saturated heterocycles. The molecule has 0 aliphatic rings. The first-order chi connectivity index (χ1) is 9.19. The van der Waals surface area contributed by atoms with E-state index in [1.54, 1.807) is 24.4 Å². The number of aryl methyl sites for hydroxylation is 1. The van der Waals surface area contributed by atoms with E-state index in [1.807, 2.05) is 17.8 Å². The molecule has 5 heteroatoms. The number of thioether (sulfide) groups is 1. The van der Waals surface area contributed by atoms with Gasteiger partial charge in [-0.15, -0.1) is 11.8 Å². The zero-order valence-corrected chi connectivity index (χ0v) is 11.6. The predicted molar refractivity (Wildman–Crippen MR) is 74.7 cm³/mol. The quantitative estimate of drug-likeness (QED) is 0.827. The van der Waals surface area contributed by atoms with Crippen molar-refractivity contribution in [2.45, 2.75) is 30.9 Å². The van der Waals surface area contributed by atoms with Gasteiger partial charge in [-0.25, -0.2) is 4.39 Å². The van der Waals surface area contributed by atoms with E-state index < -0.39 is 6.10 Å². The number of rotatable bonds is 6. The summed E-state index contributed by atoms with van der Waals surface area (Å²) in [5.74, 6) is 0.233. The second-order valence-electron chi connectivity index (χ2n) is 4.30. The lowest BCUT2D eigenvalue weighted by atomic mass is 10.2. The Labute approximate surface area is 116 Å². The number of benzene rings is 1. The van der Waals surface area contributed by atoms with Gasteiger partial charge in [0.05, 0.1) is 12.3 Å². The van der Waals surface area contributed by atoms with Crippen LogP contribution in [0, 0.1) is 5.82 Å². The van der Waals surface area contributed by atoms with Crippen LogP contribution in [-0.4, -0.2) is 26.7 Å². The van der Waals surface area contributed by atoms with Crippen molar-refractivity contribution in [3.05, 3.63) is 48.0 Å². The molecule has 0 aliphatic heterocycles. The summed E-state index contributed by atoms with van der Waals surface area (Å²) in [5.41, 5.74) is 1.00. The Morgan fingerprint density at radius 3 is 2.89 bits per heavy atom. The Bertz CT molecular complexity index is 530. The Morgan fingerprint density at radius 1 is 1.42 bits per heavy atom. The fourth-order valence-corrected chi connectivity index (χ4v) is 2.63. The second-order valence-corrected chi connectivity index (χ2v) is 5.37. The lowest BCUT2D eigenvalue weighted by molar-refractivity contribution is 0.200. The molecule has 0 radical (unpaired) electrons. The molecule has 3 nitrogen and oxygen atoms in total. The molecular formula is C14H17FN2OS. The van der Waals surface area contributed by atoms with Gasteiger partial charge in [0.1, 0.15) is 5.82 Å². The van der Waals surface area contributed by atoms with Crippen LogP contribution in [0.1, 0.15) is 12.5 Å². The van der Waals surface area contributed by atoms with Gasteiger partial charge in [0.2, 0.25) is 0 Å². The molecule has 0 aliphatic carbocycles. The van der Waals surface area contributed by atoms with Crippen molar-refractivity contribution in [1.82, 2.24) is 9.78 Å². The van der Waals surface area contributed by atoms with Crippen LogP contribution in [0.3, 0.4) is 0 Å². The molecule has 0 spiro atoms. The van der Waals surface area contributed by atoms with Crippen molar-refractivity contribution >= 4 is 11.8 Å². The van der Waals surface area contributed by atoms with E-state index in [9.17, 15) is 9.50 Å². The molecule has 1 aromatic carbocycles. The van der Waals surface area contributed by atoms with Gasteiger partial charge in [-0.2, -0.15) is 5.10 Å². The van der Waals surface area contributed by atoms with Crippen LogP contribution in [0.25, 0.3) is 0 Å². The monoisotopic (exact) mass is 280 g/mol. The molecule has 1 heterocycles. The van der Waals surface area contributed by atoms with Crippen LogP contribution in [0.4, 0.5) is 4.39 Å². The van der Waals surface area contributed by atoms with E-state index in [2.05, 4.69) is 5.10 Å². The summed E-state index contributed by atoms with van der Waals surface area (Å²) in [6.07, 6.45) is 3.73. The van der Waals surface area contributed by atoms with Crippen LogP contribution < -0.4 is 0 Å². The van der Waals surface area contributed by atoms with E-state index in [1.165, 1.54) is 17.8 Å². The Balaban J connectivity index is 1.84. The number of aliphatic hydroxyl groups excluding tert-OH is 1. The minimum Gasteiger partial charge on any atom is -0.392 e. The van der Waals surface area contributed by atoms with E-state index in [0.717, 1.165) is 12.1 Å². The van der Waals surface area contributed by atoms with Crippen LogP contribution in [-0.2, 0) is 13.0 Å². The Morgan fingerprint density at radius 2 is 2.21 bits per heavy atom. The zero-order chi connectivity index (χ0) is 13.7. The van der Waals surface area contributed by atoms with Crippen molar-refractivity contribution in [1.29, 1.82) is 0 Å². The van der Waals surface area contributed by atoms with E-state index >= 15 is 0 Å². The molecule has 1 atom stereocenters. The number of hydrogen-bond acceptors (Lipinski definition) is 3. The predicted octanol–water partition coefficient (Wildman–Crippen LogP) is 2.74. The highest BCUT2D eigenvalue weighted by molar-refractivity contribution is 7.99. The zero-order valence-electron chi connectivity index (χ0n) is 10.8.